The van der Waals surface area contributed by atoms with Gasteiger partial charge in [0, 0.05) is 31.4 Å². The first-order valence-corrected chi connectivity index (χ1v) is 8.84. The highest BCUT2D eigenvalue weighted by Crippen LogP contribution is 2.12. The van der Waals surface area contributed by atoms with Crippen LogP contribution >= 0.6 is 11.5 Å². The van der Waals surface area contributed by atoms with E-state index in [0.717, 1.165) is 48.1 Å². The first-order chi connectivity index (χ1) is 11.6. The number of anilines is 2. The van der Waals surface area contributed by atoms with Crippen molar-refractivity contribution < 1.29 is 4.79 Å². The minimum atomic E-state index is -0.123. The van der Waals surface area contributed by atoms with Crippen molar-refractivity contribution in [3.05, 3.63) is 22.3 Å². The van der Waals surface area contributed by atoms with Gasteiger partial charge in [-0.3, -0.25) is 4.79 Å². The standard InChI is InChI=1S/C15H23N7OS/c1-4-6-11-13(24-22-21-11)14(23)18-8-7-17-12-9-10(3)19-15(20-12)16-5-2/h9H,4-8H2,1-3H3,(H,18,23)(H2,16,17,19,20). The topological polar surface area (TPSA) is 105 Å². The lowest BCUT2D eigenvalue weighted by molar-refractivity contribution is 0.0958. The summed E-state index contributed by atoms with van der Waals surface area (Å²) in [5.41, 5.74) is 1.65. The average Bonchev–Trinajstić information content (AvgIpc) is 3.00. The summed E-state index contributed by atoms with van der Waals surface area (Å²) in [6.45, 7) is 7.79. The van der Waals surface area contributed by atoms with E-state index in [1.807, 2.05) is 19.9 Å². The summed E-state index contributed by atoms with van der Waals surface area (Å²) in [5.74, 6) is 1.21. The second-order valence-corrected chi connectivity index (χ2v) is 5.98. The van der Waals surface area contributed by atoms with E-state index in [-0.39, 0.29) is 5.91 Å². The zero-order valence-corrected chi connectivity index (χ0v) is 15.0. The summed E-state index contributed by atoms with van der Waals surface area (Å²) in [4.78, 5) is 21.4. The molecule has 0 unspecified atom stereocenters. The van der Waals surface area contributed by atoms with Crippen LogP contribution in [0.3, 0.4) is 0 Å². The van der Waals surface area contributed by atoms with E-state index in [1.54, 1.807) is 0 Å². The van der Waals surface area contributed by atoms with Crippen LogP contribution in [0.2, 0.25) is 0 Å². The third-order valence-electron chi connectivity index (χ3n) is 3.15. The highest BCUT2D eigenvalue weighted by Gasteiger charge is 2.14. The predicted molar refractivity (Wildman–Crippen MR) is 95.7 cm³/mol. The van der Waals surface area contributed by atoms with Crippen LogP contribution in [-0.2, 0) is 6.42 Å². The van der Waals surface area contributed by atoms with E-state index in [9.17, 15) is 4.79 Å². The molecule has 8 nitrogen and oxygen atoms in total. The van der Waals surface area contributed by atoms with Gasteiger partial charge in [-0.2, -0.15) is 4.98 Å². The molecule has 0 aromatic carbocycles. The van der Waals surface area contributed by atoms with Crippen LogP contribution in [0.25, 0.3) is 0 Å². The average molecular weight is 349 g/mol. The molecule has 0 saturated heterocycles. The molecule has 0 saturated carbocycles. The molecule has 0 aliphatic heterocycles. The van der Waals surface area contributed by atoms with E-state index in [4.69, 9.17) is 0 Å². The normalized spacial score (nSPS) is 10.5. The highest BCUT2D eigenvalue weighted by atomic mass is 32.1. The van der Waals surface area contributed by atoms with E-state index in [1.165, 1.54) is 0 Å². The maximum absolute atomic E-state index is 12.2. The molecule has 3 N–H and O–H groups in total. The van der Waals surface area contributed by atoms with Gasteiger partial charge in [-0.1, -0.05) is 17.8 Å². The van der Waals surface area contributed by atoms with Crippen molar-refractivity contribution >= 4 is 29.2 Å². The Morgan fingerprint density at radius 1 is 1.21 bits per heavy atom. The molecule has 130 valence electrons. The van der Waals surface area contributed by atoms with E-state index >= 15 is 0 Å². The Kier molecular flexibility index (Phi) is 6.86. The van der Waals surface area contributed by atoms with Crippen LogP contribution < -0.4 is 16.0 Å². The maximum atomic E-state index is 12.2. The van der Waals surface area contributed by atoms with Crippen LogP contribution in [0, 0.1) is 6.92 Å². The summed E-state index contributed by atoms with van der Waals surface area (Å²) in [7, 11) is 0. The van der Waals surface area contributed by atoms with Crippen LogP contribution in [0.5, 0.6) is 0 Å². The van der Waals surface area contributed by atoms with Gasteiger partial charge in [0.25, 0.3) is 5.91 Å². The van der Waals surface area contributed by atoms with E-state index < -0.39 is 0 Å². The fraction of sp³-hybridized carbons (Fsp3) is 0.533. The number of carbonyl (C=O) groups is 1. The molecule has 1 amide bonds. The molecular weight excluding hydrogens is 326 g/mol. The molecule has 0 radical (unpaired) electrons. The monoisotopic (exact) mass is 349 g/mol. The lowest BCUT2D eigenvalue weighted by Crippen LogP contribution is -2.29. The Labute approximate surface area is 145 Å². The van der Waals surface area contributed by atoms with Gasteiger partial charge in [-0.15, -0.1) is 5.10 Å². The smallest absolute Gasteiger partial charge is 0.265 e. The quantitative estimate of drug-likeness (QED) is 0.594. The van der Waals surface area contributed by atoms with Crippen LogP contribution in [0.1, 0.15) is 41.3 Å². The Morgan fingerprint density at radius 2 is 2.04 bits per heavy atom. The number of rotatable bonds is 9. The van der Waals surface area contributed by atoms with Crippen LogP contribution in [-0.4, -0.2) is 45.1 Å². The lowest BCUT2D eigenvalue weighted by atomic mass is 10.2. The van der Waals surface area contributed by atoms with Crippen LogP contribution in [0.4, 0.5) is 11.8 Å². The second kappa shape index (κ2) is 9.11. The Morgan fingerprint density at radius 3 is 2.79 bits per heavy atom. The molecule has 0 fully saturated rings. The van der Waals surface area contributed by atoms with Gasteiger partial charge in [-0.05, 0) is 31.8 Å². The molecule has 0 aliphatic rings. The summed E-state index contributed by atoms with van der Waals surface area (Å²) in [6.07, 6.45) is 1.71. The van der Waals surface area contributed by atoms with Gasteiger partial charge in [0.2, 0.25) is 5.95 Å². The lowest BCUT2D eigenvalue weighted by Gasteiger charge is -2.09. The number of hydrogen-bond acceptors (Lipinski definition) is 8. The predicted octanol–water partition coefficient (Wildman–Crippen LogP) is 1.86. The molecule has 2 heterocycles. The molecule has 2 rings (SSSR count). The number of carbonyl (C=O) groups excluding carboxylic acids is 1. The Balaban J connectivity index is 1.82. The molecule has 2 aromatic heterocycles. The molecule has 0 aliphatic carbocycles. The summed E-state index contributed by atoms with van der Waals surface area (Å²) in [5, 5.41) is 13.2. The molecule has 0 bridgehead atoms. The molecule has 24 heavy (non-hydrogen) atoms. The van der Waals surface area contributed by atoms with Gasteiger partial charge >= 0.3 is 0 Å². The zero-order valence-electron chi connectivity index (χ0n) is 14.2. The van der Waals surface area contributed by atoms with Gasteiger partial charge in [0.1, 0.15) is 10.7 Å². The van der Waals surface area contributed by atoms with Gasteiger partial charge in [-0.25, -0.2) is 4.98 Å². The number of aryl methyl sites for hydroxylation is 2. The van der Waals surface area contributed by atoms with Crippen molar-refractivity contribution in [3.8, 4) is 0 Å². The number of aromatic nitrogens is 4. The van der Waals surface area contributed by atoms with Crippen LogP contribution in [0.15, 0.2) is 6.07 Å². The van der Waals surface area contributed by atoms with Crippen molar-refractivity contribution in [1.82, 2.24) is 24.9 Å². The minimum Gasteiger partial charge on any atom is -0.368 e. The number of nitrogens with zero attached hydrogens (tertiary/aromatic N) is 4. The SMILES string of the molecule is CCCc1nnsc1C(=O)NCCNc1cc(C)nc(NCC)n1. The summed E-state index contributed by atoms with van der Waals surface area (Å²) < 4.78 is 3.87. The number of hydrogen-bond donors (Lipinski definition) is 3. The zero-order chi connectivity index (χ0) is 17.4. The van der Waals surface area contributed by atoms with Gasteiger partial charge in [0.15, 0.2) is 0 Å². The van der Waals surface area contributed by atoms with Crippen molar-refractivity contribution in [2.75, 3.05) is 30.3 Å². The van der Waals surface area contributed by atoms with Crippen molar-refractivity contribution in [1.29, 1.82) is 0 Å². The summed E-state index contributed by atoms with van der Waals surface area (Å²) in [6, 6.07) is 1.87. The second-order valence-electron chi connectivity index (χ2n) is 5.23. The van der Waals surface area contributed by atoms with Crippen molar-refractivity contribution in [2.45, 2.75) is 33.6 Å². The van der Waals surface area contributed by atoms with Crippen molar-refractivity contribution in [2.24, 2.45) is 0 Å². The first kappa shape index (κ1) is 18.1. The highest BCUT2D eigenvalue weighted by molar-refractivity contribution is 7.08. The molecule has 0 spiro atoms. The summed E-state index contributed by atoms with van der Waals surface area (Å²) >= 11 is 1.14. The third kappa shape index (κ3) is 5.12. The van der Waals surface area contributed by atoms with E-state index in [2.05, 4.69) is 42.4 Å². The van der Waals surface area contributed by atoms with E-state index in [0.29, 0.717) is 23.9 Å². The van der Waals surface area contributed by atoms with Gasteiger partial charge in [0.05, 0.1) is 5.69 Å². The molecule has 0 atom stereocenters. The number of nitrogens with one attached hydrogen (secondary N) is 3. The fourth-order valence-corrected chi connectivity index (χ4v) is 2.75. The van der Waals surface area contributed by atoms with Crippen molar-refractivity contribution in [3.63, 3.8) is 0 Å². The molecular formula is C15H23N7OS. The largest absolute Gasteiger partial charge is 0.368 e. The Bertz CT molecular complexity index is 674. The minimum absolute atomic E-state index is 0.123. The first-order valence-electron chi connectivity index (χ1n) is 8.06. The maximum Gasteiger partial charge on any atom is 0.265 e. The molecule has 2 aromatic rings. The Hall–Kier alpha value is -2.29. The van der Waals surface area contributed by atoms with Gasteiger partial charge < -0.3 is 16.0 Å². The fourth-order valence-electron chi connectivity index (χ4n) is 2.12. The number of amides is 1. The molecule has 9 heteroatoms. The third-order valence-corrected chi connectivity index (χ3v) is 3.92.